The number of nitrogens with zero attached hydrogens (tertiary/aromatic N) is 2. The Morgan fingerprint density at radius 1 is 0.973 bits per heavy atom. The van der Waals surface area contributed by atoms with Crippen molar-refractivity contribution in [3.05, 3.63) is 101 Å². The van der Waals surface area contributed by atoms with Crippen LogP contribution in [0.1, 0.15) is 60.7 Å². The molecule has 3 aromatic rings. The Kier molecular flexibility index (Phi) is 6.96. The third-order valence-corrected chi connectivity index (χ3v) is 8.06. The molecule has 0 bridgehead atoms. The zero-order chi connectivity index (χ0) is 26.0. The van der Waals surface area contributed by atoms with Crippen LogP contribution in [-0.2, 0) is 10.8 Å². The van der Waals surface area contributed by atoms with Crippen LogP contribution in [0.4, 0.5) is 5.69 Å². The Morgan fingerprint density at radius 3 is 2.32 bits per heavy atom. The molecule has 4 heteroatoms. The van der Waals surface area contributed by atoms with E-state index in [2.05, 4.69) is 86.4 Å². The molecule has 0 atom stereocenters. The van der Waals surface area contributed by atoms with Crippen LogP contribution in [0, 0.1) is 0 Å². The Balaban J connectivity index is 1.34. The van der Waals surface area contributed by atoms with Crippen LogP contribution in [0.25, 0.3) is 6.08 Å². The van der Waals surface area contributed by atoms with E-state index >= 15 is 0 Å². The smallest absolute Gasteiger partial charge is 0.258 e. The number of fused-ring (bicyclic) bond motifs is 2. The van der Waals surface area contributed by atoms with Gasteiger partial charge < -0.3 is 9.64 Å². The number of carbonyl (C=O) groups is 1. The number of carbonyl (C=O) groups excluding carboxylic acids is 1. The van der Waals surface area contributed by atoms with Crippen molar-refractivity contribution in [1.82, 2.24) is 4.90 Å². The van der Waals surface area contributed by atoms with Crippen molar-refractivity contribution in [1.29, 1.82) is 0 Å². The van der Waals surface area contributed by atoms with E-state index in [9.17, 15) is 4.79 Å². The zero-order valence-electron chi connectivity index (χ0n) is 22.5. The number of piperidine rings is 1. The van der Waals surface area contributed by atoms with Gasteiger partial charge in [0.05, 0.1) is 7.11 Å². The third-order valence-electron chi connectivity index (χ3n) is 8.06. The quantitative estimate of drug-likeness (QED) is 0.396. The van der Waals surface area contributed by atoms with Gasteiger partial charge in [0, 0.05) is 29.8 Å². The second-order valence-electron chi connectivity index (χ2n) is 11.5. The van der Waals surface area contributed by atoms with Gasteiger partial charge in [0.15, 0.2) is 0 Å². The molecule has 37 heavy (non-hydrogen) atoms. The van der Waals surface area contributed by atoms with Gasteiger partial charge in [-0.3, -0.25) is 9.69 Å². The molecule has 1 amide bonds. The highest BCUT2D eigenvalue weighted by molar-refractivity contribution is 6.07. The fourth-order valence-corrected chi connectivity index (χ4v) is 5.72. The lowest BCUT2D eigenvalue weighted by atomic mass is 9.74. The highest BCUT2D eigenvalue weighted by Gasteiger charge is 2.46. The minimum atomic E-state index is -0.0372. The highest BCUT2D eigenvalue weighted by atomic mass is 16.5. The molecule has 3 aromatic carbocycles. The number of hydrogen-bond donors (Lipinski definition) is 0. The van der Waals surface area contributed by atoms with Crippen molar-refractivity contribution in [2.24, 2.45) is 0 Å². The van der Waals surface area contributed by atoms with Crippen molar-refractivity contribution in [2.45, 2.75) is 44.4 Å². The molecule has 0 unspecified atom stereocenters. The molecule has 0 saturated carbocycles. The standard InChI is InChI=1S/C33H38N2O2/c1-32(2,3)27-14-12-26(13-15-27)31(36)35-24-33(29-23-28(37-4)16-17-30(29)35)18-21-34(22-19-33)20-8-11-25-9-6-5-7-10-25/h5-17,23H,18-22,24H2,1-4H3. The molecule has 0 N–H and O–H groups in total. The Bertz CT molecular complexity index is 1260. The summed E-state index contributed by atoms with van der Waals surface area (Å²) in [7, 11) is 1.71. The molecule has 2 aliphatic rings. The first-order chi connectivity index (χ1) is 17.8. The fraction of sp³-hybridized carbons (Fsp3) is 0.364. The number of methoxy groups -OCH3 is 1. The van der Waals surface area contributed by atoms with Gasteiger partial charge in [-0.05, 0) is 78.4 Å². The Hall–Kier alpha value is -3.37. The molecule has 5 rings (SSSR count). The zero-order valence-corrected chi connectivity index (χ0v) is 22.5. The maximum Gasteiger partial charge on any atom is 0.258 e. The lowest BCUT2D eigenvalue weighted by Gasteiger charge is -2.39. The molecule has 1 fully saturated rings. The van der Waals surface area contributed by atoms with Crippen molar-refractivity contribution >= 4 is 17.7 Å². The van der Waals surface area contributed by atoms with Crippen molar-refractivity contribution in [3.63, 3.8) is 0 Å². The minimum Gasteiger partial charge on any atom is -0.497 e. The summed E-state index contributed by atoms with van der Waals surface area (Å²) in [5.41, 5.74) is 5.53. The van der Waals surface area contributed by atoms with E-state index in [0.29, 0.717) is 0 Å². The van der Waals surface area contributed by atoms with Crippen LogP contribution in [0.15, 0.2) is 78.9 Å². The maximum atomic E-state index is 13.8. The highest BCUT2D eigenvalue weighted by Crippen LogP contribution is 2.48. The lowest BCUT2D eigenvalue weighted by Crippen LogP contribution is -2.46. The first-order valence-corrected chi connectivity index (χ1v) is 13.3. The summed E-state index contributed by atoms with van der Waals surface area (Å²) >= 11 is 0. The van der Waals surface area contributed by atoms with Crippen molar-refractivity contribution in [3.8, 4) is 5.75 Å². The van der Waals surface area contributed by atoms with Gasteiger partial charge in [-0.2, -0.15) is 0 Å². The summed E-state index contributed by atoms with van der Waals surface area (Å²) in [6.45, 7) is 10.3. The molecule has 0 aromatic heterocycles. The number of hydrogen-bond acceptors (Lipinski definition) is 3. The largest absolute Gasteiger partial charge is 0.497 e. The molecular weight excluding hydrogens is 456 g/mol. The van der Waals surface area contributed by atoms with E-state index in [-0.39, 0.29) is 16.7 Å². The first kappa shape index (κ1) is 25.3. The number of ether oxygens (including phenoxy) is 1. The van der Waals surface area contributed by atoms with Crippen LogP contribution >= 0.6 is 0 Å². The monoisotopic (exact) mass is 494 g/mol. The molecule has 192 valence electrons. The first-order valence-electron chi connectivity index (χ1n) is 13.3. The minimum absolute atomic E-state index is 0.0372. The van der Waals surface area contributed by atoms with E-state index in [1.54, 1.807) is 7.11 Å². The van der Waals surface area contributed by atoms with Gasteiger partial charge in [-0.1, -0.05) is 75.4 Å². The number of amides is 1. The van der Waals surface area contributed by atoms with Gasteiger partial charge in [-0.15, -0.1) is 0 Å². The summed E-state index contributed by atoms with van der Waals surface area (Å²) < 4.78 is 5.59. The molecule has 0 aliphatic carbocycles. The molecule has 2 heterocycles. The summed E-state index contributed by atoms with van der Waals surface area (Å²) in [5, 5.41) is 0. The van der Waals surface area contributed by atoms with Gasteiger partial charge in [0.2, 0.25) is 0 Å². The van der Waals surface area contributed by atoms with Crippen LogP contribution in [0.2, 0.25) is 0 Å². The predicted molar refractivity (Wildman–Crippen MR) is 153 cm³/mol. The van der Waals surface area contributed by atoms with E-state index < -0.39 is 0 Å². The van der Waals surface area contributed by atoms with Gasteiger partial charge in [0.25, 0.3) is 5.91 Å². The molecule has 1 saturated heterocycles. The molecule has 0 radical (unpaired) electrons. The third kappa shape index (κ3) is 5.21. The van der Waals surface area contributed by atoms with Gasteiger partial charge in [-0.25, -0.2) is 0 Å². The maximum absolute atomic E-state index is 13.8. The number of rotatable bonds is 5. The second-order valence-corrected chi connectivity index (χ2v) is 11.5. The lowest BCUT2D eigenvalue weighted by molar-refractivity contribution is 0.0977. The topological polar surface area (TPSA) is 32.8 Å². The molecule has 4 nitrogen and oxygen atoms in total. The molecular formula is C33H38N2O2. The predicted octanol–water partition coefficient (Wildman–Crippen LogP) is 6.70. The van der Waals surface area contributed by atoms with E-state index in [1.165, 1.54) is 16.7 Å². The van der Waals surface area contributed by atoms with E-state index in [1.807, 2.05) is 29.2 Å². The van der Waals surface area contributed by atoms with E-state index in [0.717, 1.165) is 56.0 Å². The van der Waals surface area contributed by atoms with Crippen LogP contribution < -0.4 is 9.64 Å². The average molecular weight is 495 g/mol. The van der Waals surface area contributed by atoms with Crippen LogP contribution in [0.5, 0.6) is 5.75 Å². The molecule has 1 spiro atoms. The second kappa shape index (κ2) is 10.2. The summed E-state index contributed by atoms with van der Waals surface area (Å²) in [5.74, 6) is 0.937. The van der Waals surface area contributed by atoms with Crippen LogP contribution in [0.3, 0.4) is 0 Å². The van der Waals surface area contributed by atoms with E-state index in [4.69, 9.17) is 4.74 Å². The number of benzene rings is 3. The Labute approximate surface area is 221 Å². The number of anilines is 1. The Morgan fingerprint density at radius 2 is 1.68 bits per heavy atom. The van der Waals surface area contributed by atoms with Gasteiger partial charge >= 0.3 is 0 Å². The SMILES string of the molecule is COc1ccc2c(c1)C1(CCN(CC=Cc3ccccc3)CC1)CN2C(=O)c1ccc(C(C)(C)C)cc1. The van der Waals surface area contributed by atoms with Crippen molar-refractivity contribution < 1.29 is 9.53 Å². The summed E-state index contributed by atoms with van der Waals surface area (Å²) in [6, 6.07) is 24.8. The summed E-state index contributed by atoms with van der Waals surface area (Å²) in [4.78, 5) is 18.3. The normalized spacial score (nSPS) is 17.4. The van der Waals surface area contributed by atoms with Crippen molar-refractivity contribution in [2.75, 3.05) is 38.2 Å². The van der Waals surface area contributed by atoms with Crippen LogP contribution in [-0.4, -0.2) is 44.1 Å². The fourth-order valence-electron chi connectivity index (χ4n) is 5.72. The molecule has 2 aliphatic heterocycles. The summed E-state index contributed by atoms with van der Waals surface area (Å²) in [6.07, 6.45) is 6.51. The average Bonchev–Trinajstić information content (AvgIpc) is 3.22. The number of likely N-dealkylation sites (tertiary alicyclic amines) is 1. The van der Waals surface area contributed by atoms with Gasteiger partial charge in [0.1, 0.15) is 5.75 Å².